The second-order valence-corrected chi connectivity index (χ2v) is 6.00. The Balaban J connectivity index is 2.95. The monoisotopic (exact) mass is 318 g/mol. The Bertz CT molecular complexity index is 487. The molecule has 2 atom stereocenters. The van der Waals surface area contributed by atoms with Crippen LogP contribution >= 0.6 is 0 Å². The highest BCUT2D eigenvalue weighted by Crippen LogP contribution is 2.14. The second kappa shape index (κ2) is 10.0. The van der Waals surface area contributed by atoms with Crippen LogP contribution in [0.15, 0.2) is 30.3 Å². The van der Waals surface area contributed by atoms with Crippen LogP contribution in [0.1, 0.15) is 58.9 Å². The fourth-order valence-electron chi connectivity index (χ4n) is 2.50. The first-order valence-electron chi connectivity index (χ1n) is 8.67. The first-order chi connectivity index (χ1) is 11.0. The highest BCUT2D eigenvalue weighted by molar-refractivity contribution is 5.87. The molecule has 0 radical (unpaired) electrons. The summed E-state index contributed by atoms with van der Waals surface area (Å²) in [7, 11) is 0. The van der Waals surface area contributed by atoms with E-state index in [0.29, 0.717) is 19.4 Å². The Morgan fingerprint density at radius 3 is 2.26 bits per heavy atom. The molecule has 0 aliphatic carbocycles. The number of nitrogens with one attached hydrogen (secondary N) is 1. The van der Waals surface area contributed by atoms with Gasteiger partial charge in [0.1, 0.15) is 6.04 Å². The lowest BCUT2D eigenvalue weighted by Crippen LogP contribution is -2.50. The summed E-state index contributed by atoms with van der Waals surface area (Å²) in [6.07, 6.45) is 2.75. The molecular weight excluding hydrogens is 288 g/mol. The van der Waals surface area contributed by atoms with Crippen LogP contribution in [0, 0.1) is 0 Å². The lowest BCUT2D eigenvalue weighted by molar-refractivity contribution is -0.141. The number of hydrogen-bond acceptors (Lipinski definition) is 2. The molecule has 0 fully saturated rings. The van der Waals surface area contributed by atoms with Crippen molar-refractivity contribution in [2.45, 2.75) is 72.0 Å². The van der Waals surface area contributed by atoms with E-state index in [1.54, 1.807) is 4.90 Å². The summed E-state index contributed by atoms with van der Waals surface area (Å²) in [5.74, 6) is -0.00950. The van der Waals surface area contributed by atoms with Gasteiger partial charge < -0.3 is 10.2 Å². The summed E-state index contributed by atoms with van der Waals surface area (Å²) in [4.78, 5) is 26.9. The Morgan fingerprint density at radius 1 is 1.09 bits per heavy atom. The molecule has 0 unspecified atom stereocenters. The van der Waals surface area contributed by atoms with Gasteiger partial charge in [0.05, 0.1) is 0 Å². The van der Waals surface area contributed by atoms with Crippen LogP contribution in [0.5, 0.6) is 0 Å². The minimum Gasteiger partial charge on any atom is -0.352 e. The van der Waals surface area contributed by atoms with Gasteiger partial charge >= 0.3 is 0 Å². The van der Waals surface area contributed by atoms with Gasteiger partial charge in [0.2, 0.25) is 11.8 Å². The van der Waals surface area contributed by atoms with Gasteiger partial charge in [-0.15, -0.1) is 0 Å². The molecule has 0 saturated carbocycles. The molecule has 1 aromatic carbocycles. The van der Waals surface area contributed by atoms with Gasteiger partial charge in [0, 0.05) is 19.0 Å². The lowest BCUT2D eigenvalue weighted by atomic mass is 10.1. The molecule has 128 valence electrons. The zero-order chi connectivity index (χ0) is 17.2. The standard InChI is InChI=1S/C19H30N2O2/c1-5-11-18(22)21(14-16-12-9-8-10-13-16)17(7-3)19(23)20-15(4)6-2/h8-10,12-13,15,17H,5-7,11,14H2,1-4H3,(H,20,23)/t15-,17-/m1/s1. The van der Waals surface area contributed by atoms with E-state index in [4.69, 9.17) is 0 Å². The highest BCUT2D eigenvalue weighted by atomic mass is 16.2. The van der Waals surface area contributed by atoms with Crippen LogP contribution in [0.2, 0.25) is 0 Å². The summed E-state index contributed by atoms with van der Waals surface area (Å²) in [5.41, 5.74) is 1.05. The summed E-state index contributed by atoms with van der Waals surface area (Å²) >= 11 is 0. The molecule has 4 nitrogen and oxygen atoms in total. The van der Waals surface area contributed by atoms with Gasteiger partial charge in [-0.05, 0) is 31.7 Å². The highest BCUT2D eigenvalue weighted by Gasteiger charge is 2.28. The molecule has 0 aliphatic heterocycles. The van der Waals surface area contributed by atoms with Crippen molar-refractivity contribution < 1.29 is 9.59 Å². The number of carbonyl (C=O) groups is 2. The molecule has 0 saturated heterocycles. The minimum absolute atomic E-state index is 0.0440. The molecule has 1 aromatic rings. The van der Waals surface area contributed by atoms with Crippen LogP contribution in [-0.2, 0) is 16.1 Å². The van der Waals surface area contributed by atoms with E-state index >= 15 is 0 Å². The zero-order valence-electron chi connectivity index (χ0n) is 14.8. The van der Waals surface area contributed by atoms with Gasteiger partial charge in [-0.1, -0.05) is 51.1 Å². The predicted molar refractivity (Wildman–Crippen MR) is 93.9 cm³/mol. The molecule has 0 bridgehead atoms. The maximum Gasteiger partial charge on any atom is 0.243 e. The normalized spacial score (nSPS) is 13.2. The van der Waals surface area contributed by atoms with Crippen molar-refractivity contribution in [3.05, 3.63) is 35.9 Å². The van der Waals surface area contributed by atoms with Gasteiger partial charge in [-0.3, -0.25) is 9.59 Å². The van der Waals surface area contributed by atoms with E-state index in [0.717, 1.165) is 18.4 Å². The van der Waals surface area contributed by atoms with E-state index in [2.05, 4.69) is 5.32 Å². The predicted octanol–water partition coefficient (Wildman–Crippen LogP) is 3.51. The number of carbonyl (C=O) groups excluding carboxylic acids is 2. The fraction of sp³-hybridized carbons (Fsp3) is 0.579. The molecule has 0 aliphatic rings. The van der Waals surface area contributed by atoms with Crippen LogP contribution < -0.4 is 5.32 Å². The third kappa shape index (κ3) is 6.05. The lowest BCUT2D eigenvalue weighted by Gasteiger charge is -2.31. The van der Waals surface area contributed by atoms with Crippen molar-refractivity contribution in [3.8, 4) is 0 Å². The number of hydrogen-bond donors (Lipinski definition) is 1. The molecular formula is C19H30N2O2. The molecule has 2 amide bonds. The van der Waals surface area contributed by atoms with Crippen molar-refractivity contribution in [2.75, 3.05) is 0 Å². The molecule has 23 heavy (non-hydrogen) atoms. The SMILES string of the molecule is CCCC(=O)N(Cc1ccccc1)[C@H](CC)C(=O)N[C@H](C)CC. The molecule has 0 aromatic heterocycles. The molecule has 0 heterocycles. The van der Waals surface area contributed by atoms with Crippen LogP contribution in [0.4, 0.5) is 0 Å². The van der Waals surface area contributed by atoms with Crippen molar-refractivity contribution in [2.24, 2.45) is 0 Å². The van der Waals surface area contributed by atoms with E-state index in [-0.39, 0.29) is 17.9 Å². The molecule has 1 N–H and O–H groups in total. The Labute approximate surface area is 140 Å². The molecule has 4 heteroatoms. The molecule has 0 spiro atoms. The van der Waals surface area contributed by atoms with Crippen molar-refractivity contribution in [1.82, 2.24) is 10.2 Å². The molecule has 1 rings (SSSR count). The van der Waals surface area contributed by atoms with E-state index in [1.165, 1.54) is 0 Å². The zero-order valence-corrected chi connectivity index (χ0v) is 14.8. The summed E-state index contributed by atoms with van der Waals surface area (Å²) in [6.45, 7) is 8.44. The number of amides is 2. The fourth-order valence-corrected chi connectivity index (χ4v) is 2.50. The van der Waals surface area contributed by atoms with Gasteiger partial charge in [0.25, 0.3) is 0 Å². The first-order valence-corrected chi connectivity index (χ1v) is 8.67. The van der Waals surface area contributed by atoms with Gasteiger partial charge in [0.15, 0.2) is 0 Å². The van der Waals surface area contributed by atoms with E-state index < -0.39 is 6.04 Å². The Morgan fingerprint density at radius 2 is 1.74 bits per heavy atom. The quantitative estimate of drug-likeness (QED) is 0.757. The average molecular weight is 318 g/mol. The van der Waals surface area contributed by atoms with Crippen molar-refractivity contribution in [3.63, 3.8) is 0 Å². The third-order valence-corrected chi connectivity index (χ3v) is 4.05. The maximum atomic E-state index is 12.6. The summed E-state index contributed by atoms with van der Waals surface area (Å²) in [6, 6.07) is 9.56. The second-order valence-electron chi connectivity index (χ2n) is 6.00. The van der Waals surface area contributed by atoms with Crippen molar-refractivity contribution >= 4 is 11.8 Å². The average Bonchev–Trinajstić information content (AvgIpc) is 2.55. The number of benzene rings is 1. The van der Waals surface area contributed by atoms with E-state index in [1.807, 2.05) is 58.0 Å². The third-order valence-electron chi connectivity index (χ3n) is 4.05. The summed E-state index contributed by atoms with van der Waals surface area (Å²) < 4.78 is 0. The van der Waals surface area contributed by atoms with Gasteiger partial charge in [-0.25, -0.2) is 0 Å². The summed E-state index contributed by atoms with van der Waals surface area (Å²) in [5, 5.41) is 3.01. The van der Waals surface area contributed by atoms with E-state index in [9.17, 15) is 9.59 Å². The van der Waals surface area contributed by atoms with Crippen LogP contribution in [-0.4, -0.2) is 28.8 Å². The topological polar surface area (TPSA) is 49.4 Å². The Kier molecular flexibility index (Phi) is 8.38. The number of rotatable bonds is 9. The Hall–Kier alpha value is -1.84. The largest absolute Gasteiger partial charge is 0.352 e. The minimum atomic E-state index is -0.414. The smallest absolute Gasteiger partial charge is 0.243 e. The van der Waals surface area contributed by atoms with Crippen LogP contribution in [0.3, 0.4) is 0 Å². The maximum absolute atomic E-state index is 12.6. The number of nitrogens with zero attached hydrogens (tertiary/aromatic N) is 1. The van der Waals surface area contributed by atoms with Gasteiger partial charge in [-0.2, -0.15) is 0 Å². The van der Waals surface area contributed by atoms with Crippen LogP contribution in [0.25, 0.3) is 0 Å². The first kappa shape index (κ1) is 19.2. The van der Waals surface area contributed by atoms with Crippen molar-refractivity contribution in [1.29, 1.82) is 0 Å².